The lowest BCUT2D eigenvalue weighted by atomic mass is 9.97. The fraction of sp³-hybridized carbons (Fsp3) is 0.300. The summed E-state index contributed by atoms with van der Waals surface area (Å²) in [6.45, 7) is 0.296. The van der Waals surface area contributed by atoms with Crippen molar-refractivity contribution in [2.24, 2.45) is 0 Å². The first-order valence-electron chi connectivity index (χ1n) is 9.42. The number of imidazole rings is 1. The van der Waals surface area contributed by atoms with Crippen LogP contribution in [0, 0.1) is 0 Å². The third-order valence-electron chi connectivity index (χ3n) is 5.22. The minimum absolute atomic E-state index is 0.0368. The molecule has 1 aliphatic rings. The number of fused-ring (bicyclic) bond motifs is 4. The molecule has 3 heterocycles. The molecule has 1 aromatic carbocycles. The summed E-state index contributed by atoms with van der Waals surface area (Å²) in [5.41, 5.74) is 5.60. The molecule has 0 radical (unpaired) electrons. The molecule has 0 bridgehead atoms. The zero-order valence-electron chi connectivity index (χ0n) is 15.2. The van der Waals surface area contributed by atoms with Crippen molar-refractivity contribution in [1.82, 2.24) is 19.2 Å². The van der Waals surface area contributed by atoms with E-state index in [1.165, 1.54) is 16.9 Å². The van der Waals surface area contributed by atoms with Crippen LogP contribution in [0.15, 0.2) is 41.7 Å². The Hall–Kier alpha value is -3.00. The molecule has 1 amide bonds. The van der Waals surface area contributed by atoms with Crippen LogP contribution < -0.4 is 11.0 Å². The molecule has 0 fully saturated rings. The van der Waals surface area contributed by atoms with Crippen molar-refractivity contribution in [1.29, 1.82) is 0 Å². The van der Waals surface area contributed by atoms with Crippen molar-refractivity contribution in [3.8, 4) is 0 Å². The highest BCUT2D eigenvalue weighted by Crippen LogP contribution is 2.33. The maximum atomic E-state index is 12.9. The Morgan fingerprint density at radius 2 is 2.00 bits per heavy atom. The molecule has 1 N–H and O–H groups in total. The maximum Gasteiger partial charge on any atom is 0.262 e. The van der Waals surface area contributed by atoms with Crippen molar-refractivity contribution >= 4 is 38.5 Å². The van der Waals surface area contributed by atoms with Gasteiger partial charge in [-0.25, -0.2) is 14.6 Å². The monoisotopic (exact) mass is 393 g/mol. The number of thiophene rings is 1. The number of para-hydroxylation sites is 2. The van der Waals surface area contributed by atoms with Crippen LogP contribution >= 0.6 is 11.3 Å². The van der Waals surface area contributed by atoms with E-state index >= 15 is 0 Å². The Balaban J connectivity index is 1.35. The molecule has 4 aromatic rings. The lowest BCUT2D eigenvalue weighted by Crippen LogP contribution is -2.27. The van der Waals surface area contributed by atoms with Gasteiger partial charge in [-0.3, -0.25) is 19.6 Å². The number of carbonyl (C=O) groups excluding carboxylic acids is 1. The van der Waals surface area contributed by atoms with Gasteiger partial charge in [-0.1, -0.05) is 12.1 Å². The van der Waals surface area contributed by atoms with Crippen molar-refractivity contribution in [3.05, 3.63) is 57.7 Å². The Morgan fingerprint density at radius 3 is 2.93 bits per heavy atom. The van der Waals surface area contributed by atoms with Crippen LogP contribution in [-0.4, -0.2) is 25.1 Å². The minimum atomic E-state index is -0.178. The highest BCUT2D eigenvalue weighted by molar-refractivity contribution is 7.18. The number of hydrogen-bond donors (Lipinski definition) is 1. The second-order valence-corrected chi connectivity index (χ2v) is 8.11. The first-order chi connectivity index (χ1) is 13.7. The largest absolute Gasteiger partial charge is 0.298 e. The fourth-order valence-electron chi connectivity index (χ4n) is 3.80. The van der Waals surface area contributed by atoms with Gasteiger partial charge in [0.05, 0.1) is 22.7 Å². The molecule has 0 unspecified atom stereocenters. The molecular weight excluding hydrogens is 374 g/mol. The normalized spacial score (nSPS) is 13.7. The van der Waals surface area contributed by atoms with Gasteiger partial charge < -0.3 is 0 Å². The number of benzene rings is 1. The molecule has 0 aliphatic heterocycles. The topological polar surface area (TPSA) is 81.8 Å². The van der Waals surface area contributed by atoms with Crippen molar-refractivity contribution in [2.75, 3.05) is 5.43 Å². The quantitative estimate of drug-likeness (QED) is 0.578. The van der Waals surface area contributed by atoms with E-state index < -0.39 is 0 Å². The van der Waals surface area contributed by atoms with E-state index in [-0.39, 0.29) is 17.9 Å². The third kappa shape index (κ3) is 2.90. The van der Waals surface area contributed by atoms with Crippen LogP contribution in [0.2, 0.25) is 0 Å². The first kappa shape index (κ1) is 17.1. The van der Waals surface area contributed by atoms with E-state index in [9.17, 15) is 9.59 Å². The van der Waals surface area contributed by atoms with Gasteiger partial charge >= 0.3 is 0 Å². The Labute approximate surface area is 164 Å². The van der Waals surface area contributed by atoms with Gasteiger partial charge in [0, 0.05) is 17.8 Å². The van der Waals surface area contributed by atoms with E-state index in [0.29, 0.717) is 6.54 Å². The van der Waals surface area contributed by atoms with Crippen LogP contribution in [0.1, 0.15) is 29.7 Å². The minimum Gasteiger partial charge on any atom is -0.298 e. The zero-order valence-corrected chi connectivity index (χ0v) is 16.0. The van der Waals surface area contributed by atoms with Gasteiger partial charge in [-0.05, 0) is 43.4 Å². The molecule has 5 rings (SSSR count). The van der Waals surface area contributed by atoms with Crippen LogP contribution in [0.5, 0.6) is 0 Å². The summed E-state index contributed by atoms with van der Waals surface area (Å²) in [6.07, 6.45) is 7.62. The Morgan fingerprint density at radius 1 is 1.14 bits per heavy atom. The predicted octanol–water partition coefficient (Wildman–Crippen LogP) is 2.85. The zero-order chi connectivity index (χ0) is 19.1. The number of amides is 1. The maximum absolute atomic E-state index is 12.9. The lowest BCUT2D eigenvalue weighted by Gasteiger charge is -2.11. The molecule has 7 nitrogen and oxygen atoms in total. The van der Waals surface area contributed by atoms with Gasteiger partial charge in [0.15, 0.2) is 0 Å². The summed E-state index contributed by atoms with van der Waals surface area (Å²) < 4.78 is 3.16. The molecule has 0 saturated carbocycles. The van der Waals surface area contributed by atoms with E-state index in [4.69, 9.17) is 0 Å². The van der Waals surface area contributed by atoms with Gasteiger partial charge in [-0.2, -0.15) is 0 Å². The molecule has 28 heavy (non-hydrogen) atoms. The summed E-state index contributed by atoms with van der Waals surface area (Å²) in [5, 5.41) is 0.753. The van der Waals surface area contributed by atoms with E-state index in [1.54, 1.807) is 33.2 Å². The molecule has 142 valence electrons. The molecule has 3 aromatic heterocycles. The van der Waals surface area contributed by atoms with Gasteiger partial charge in [-0.15, -0.1) is 11.3 Å². The van der Waals surface area contributed by atoms with Crippen molar-refractivity contribution < 1.29 is 4.79 Å². The van der Waals surface area contributed by atoms with Crippen LogP contribution in [0.25, 0.3) is 21.3 Å². The highest BCUT2D eigenvalue weighted by Gasteiger charge is 2.20. The third-order valence-corrected chi connectivity index (χ3v) is 6.42. The average molecular weight is 393 g/mol. The standard InChI is InChI=1S/C20H19N5O2S/c26-17(23-25-12-21-14-6-2-3-7-15(14)25)9-10-24-11-22-19-18(20(24)27)13-5-1-4-8-16(13)28-19/h2-3,6-7,11-12H,1,4-5,8-10H2,(H,23,26). The fourth-order valence-corrected chi connectivity index (χ4v) is 5.02. The molecule has 0 saturated heterocycles. The number of carbonyl (C=O) groups is 1. The number of hydrogen-bond acceptors (Lipinski definition) is 5. The number of aryl methyl sites for hydroxylation is 3. The molecule has 1 aliphatic carbocycles. The predicted molar refractivity (Wildman–Crippen MR) is 109 cm³/mol. The van der Waals surface area contributed by atoms with Crippen LogP contribution in [-0.2, 0) is 24.2 Å². The lowest BCUT2D eigenvalue weighted by molar-refractivity contribution is -0.117. The van der Waals surface area contributed by atoms with E-state index in [0.717, 1.165) is 40.5 Å². The number of rotatable bonds is 4. The van der Waals surface area contributed by atoms with Crippen LogP contribution in [0.3, 0.4) is 0 Å². The number of nitrogens with one attached hydrogen (secondary N) is 1. The first-order valence-corrected chi connectivity index (χ1v) is 10.2. The molecular formula is C20H19N5O2S. The summed E-state index contributed by atoms with van der Waals surface area (Å²) in [7, 11) is 0. The van der Waals surface area contributed by atoms with Gasteiger partial charge in [0.1, 0.15) is 11.2 Å². The Bertz CT molecular complexity index is 1250. The Kier molecular flexibility index (Phi) is 4.20. The van der Waals surface area contributed by atoms with E-state index in [2.05, 4.69) is 15.4 Å². The summed E-state index contributed by atoms with van der Waals surface area (Å²) in [5.74, 6) is -0.178. The SMILES string of the molecule is O=C(CCn1cnc2sc3c(c2c1=O)CCCC3)Nn1cnc2ccccc21. The summed E-state index contributed by atoms with van der Waals surface area (Å²) in [6, 6.07) is 7.58. The van der Waals surface area contributed by atoms with Crippen molar-refractivity contribution in [2.45, 2.75) is 38.6 Å². The van der Waals surface area contributed by atoms with E-state index in [1.807, 2.05) is 24.3 Å². The van der Waals surface area contributed by atoms with Gasteiger partial charge in [0.2, 0.25) is 5.91 Å². The number of aromatic nitrogens is 4. The highest BCUT2D eigenvalue weighted by atomic mass is 32.1. The van der Waals surface area contributed by atoms with Gasteiger partial charge in [0.25, 0.3) is 5.56 Å². The molecule has 0 spiro atoms. The van der Waals surface area contributed by atoms with Crippen LogP contribution in [0.4, 0.5) is 0 Å². The average Bonchev–Trinajstić information content (AvgIpc) is 3.29. The summed E-state index contributed by atoms with van der Waals surface area (Å²) in [4.78, 5) is 36.2. The second-order valence-electron chi connectivity index (χ2n) is 7.02. The molecule has 0 atom stereocenters. The smallest absolute Gasteiger partial charge is 0.262 e. The molecule has 8 heteroatoms. The second kappa shape index (κ2) is 6.87. The van der Waals surface area contributed by atoms with Crippen molar-refractivity contribution in [3.63, 3.8) is 0 Å². The summed E-state index contributed by atoms with van der Waals surface area (Å²) >= 11 is 1.64. The number of nitrogens with zero attached hydrogens (tertiary/aromatic N) is 4.